The summed E-state index contributed by atoms with van der Waals surface area (Å²) in [6.07, 6.45) is 0. The van der Waals surface area contributed by atoms with Crippen molar-refractivity contribution in [3.05, 3.63) is 48.2 Å². The minimum absolute atomic E-state index is 0.0129. The average molecular weight is 273 g/mol. The van der Waals surface area contributed by atoms with Crippen LogP contribution in [0.4, 0.5) is 0 Å². The second-order valence-electron chi connectivity index (χ2n) is 5.02. The summed E-state index contributed by atoms with van der Waals surface area (Å²) in [4.78, 5) is 12.7. The van der Waals surface area contributed by atoms with Gasteiger partial charge in [0.05, 0.1) is 13.1 Å². The van der Waals surface area contributed by atoms with E-state index in [1.165, 1.54) is 0 Å². The molecule has 4 nitrogen and oxygen atoms in total. The van der Waals surface area contributed by atoms with E-state index in [0.717, 1.165) is 17.1 Å². The highest BCUT2D eigenvalue weighted by Gasteiger charge is 2.15. The molecule has 106 valence electrons. The number of furan rings is 1. The van der Waals surface area contributed by atoms with Crippen LogP contribution >= 0.6 is 0 Å². The first kappa shape index (κ1) is 14.3. The predicted octanol–water partition coefficient (Wildman–Crippen LogP) is 3.24. The van der Waals surface area contributed by atoms with E-state index in [0.29, 0.717) is 6.54 Å². The minimum Gasteiger partial charge on any atom is -0.480 e. The number of nitrogens with zero attached hydrogens (tertiary/aromatic N) is 1. The Morgan fingerprint density at radius 3 is 2.50 bits per heavy atom. The summed E-state index contributed by atoms with van der Waals surface area (Å²) in [6.45, 7) is 4.46. The predicted molar refractivity (Wildman–Crippen MR) is 77.3 cm³/mol. The first-order chi connectivity index (χ1) is 9.56. The van der Waals surface area contributed by atoms with E-state index in [9.17, 15) is 4.79 Å². The molecule has 0 bridgehead atoms. The van der Waals surface area contributed by atoms with Gasteiger partial charge in [0.2, 0.25) is 0 Å². The first-order valence-electron chi connectivity index (χ1n) is 6.66. The fourth-order valence-electron chi connectivity index (χ4n) is 2.02. The maximum Gasteiger partial charge on any atom is 0.317 e. The summed E-state index contributed by atoms with van der Waals surface area (Å²) in [7, 11) is 0. The van der Waals surface area contributed by atoms with Crippen LogP contribution in [0.2, 0.25) is 0 Å². The third-order valence-corrected chi connectivity index (χ3v) is 3.15. The number of benzene rings is 1. The number of aliphatic carboxylic acids is 1. The molecule has 0 aliphatic carbocycles. The lowest BCUT2D eigenvalue weighted by Gasteiger charge is -2.23. The lowest BCUT2D eigenvalue weighted by Crippen LogP contribution is -2.34. The largest absolute Gasteiger partial charge is 0.480 e. The third-order valence-electron chi connectivity index (χ3n) is 3.15. The zero-order valence-electron chi connectivity index (χ0n) is 11.7. The molecule has 20 heavy (non-hydrogen) atoms. The molecule has 0 unspecified atom stereocenters. The highest BCUT2D eigenvalue weighted by atomic mass is 16.4. The van der Waals surface area contributed by atoms with Gasteiger partial charge in [0.1, 0.15) is 11.5 Å². The van der Waals surface area contributed by atoms with Gasteiger partial charge in [-0.25, -0.2) is 0 Å². The topological polar surface area (TPSA) is 53.7 Å². The van der Waals surface area contributed by atoms with E-state index in [4.69, 9.17) is 9.52 Å². The van der Waals surface area contributed by atoms with Gasteiger partial charge >= 0.3 is 5.97 Å². The molecule has 2 aromatic rings. The number of hydrogen-bond donors (Lipinski definition) is 1. The Labute approximate surface area is 118 Å². The van der Waals surface area contributed by atoms with Gasteiger partial charge in [-0.1, -0.05) is 30.3 Å². The summed E-state index contributed by atoms with van der Waals surface area (Å²) in [5.41, 5.74) is 1.02. The Balaban J connectivity index is 2.10. The fourth-order valence-corrected chi connectivity index (χ4v) is 2.02. The summed E-state index contributed by atoms with van der Waals surface area (Å²) in [5, 5.41) is 8.92. The van der Waals surface area contributed by atoms with E-state index in [-0.39, 0.29) is 12.6 Å². The number of carbonyl (C=O) groups is 1. The molecule has 1 N–H and O–H groups in total. The lowest BCUT2D eigenvalue weighted by molar-refractivity contribution is -0.139. The minimum atomic E-state index is -0.825. The molecule has 0 amide bonds. The van der Waals surface area contributed by atoms with Crippen molar-refractivity contribution in [2.75, 3.05) is 6.54 Å². The van der Waals surface area contributed by atoms with Crippen molar-refractivity contribution in [2.24, 2.45) is 0 Å². The van der Waals surface area contributed by atoms with E-state index in [1.807, 2.05) is 61.2 Å². The van der Waals surface area contributed by atoms with Crippen LogP contribution in [-0.4, -0.2) is 28.6 Å². The van der Waals surface area contributed by atoms with E-state index in [2.05, 4.69) is 0 Å². The van der Waals surface area contributed by atoms with Gasteiger partial charge < -0.3 is 9.52 Å². The number of hydrogen-bond acceptors (Lipinski definition) is 3. The molecule has 0 aliphatic heterocycles. The second-order valence-corrected chi connectivity index (χ2v) is 5.02. The van der Waals surface area contributed by atoms with Crippen molar-refractivity contribution in [2.45, 2.75) is 26.4 Å². The second kappa shape index (κ2) is 6.39. The Bertz CT molecular complexity index is 560. The van der Waals surface area contributed by atoms with Gasteiger partial charge in [-0.05, 0) is 26.0 Å². The SMILES string of the molecule is CC(C)N(CC(=O)O)Cc1ccc(-c2ccccc2)o1. The van der Waals surface area contributed by atoms with Crippen LogP contribution in [0.5, 0.6) is 0 Å². The Hall–Kier alpha value is -2.07. The number of rotatable bonds is 6. The monoisotopic (exact) mass is 273 g/mol. The summed E-state index contributed by atoms with van der Waals surface area (Å²) in [5.74, 6) is 0.756. The Morgan fingerprint density at radius 1 is 1.20 bits per heavy atom. The molecule has 0 aliphatic rings. The zero-order chi connectivity index (χ0) is 14.5. The Morgan fingerprint density at radius 2 is 1.90 bits per heavy atom. The molecule has 0 saturated carbocycles. The van der Waals surface area contributed by atoms with Gasteiger partial charge in [0.25, 0.3) is 0 Å². The molecule has 1 heterocycles. The molecule has 0 spiro atoms. The molecule has 0 radical (unpaired) electrons. The number of carboxylic acid groups (broad SMARTS) is 1. The molecule has 0 saturated heterocycles. The average Bonchev–Trinajstić information content (AvgIpc) is 2.87. The quantitative estimate of drug-likeness (QED) is 0.877. The number of carboxylic acids is 1. The molecule has 0 fully saturated rings. The summed E-state index contributed by atoms with van der Waals surface area (Å²) in [6, 6.07) is 13.8. The van der Waals surface area contributed by atoms with Crippen molar-refractivity contribution in [1.29, 1.82) is 0 Å². The highest BCUT2D eigenvalue weighted by Crippen LogP contribution is 2.22. The van der Waals surface area contributed by atoms with Crippen LogP contribution in [0.15, 0.2) is 46.9 Å². The summed E-state index contributed by atoms with van der Waals surface area (Å²) < 4.78 is 5.80. The van der Waals surface area contributed by atoms with Crippen LogP contribution in [0.3, 0.4) is 0 Å². The highest BCUT2D eigenvalue weighted by molar-refractivity contribution is 5.69. The van der Waals surface area contributed by atoms with Crippen LogP contribution in [-0.2, 0) is 11.3 Å². The van der Waals surface area contributed by atoms with Gasteiger partial charge in [0.15, 0.2) is 0 Å². The van der Waals surface area contributed by atoms with Crippen LogP contribution in [0.1, 0.15) is 19.6 Å². The van der Waals surface area contributed by atoms with E-state index < -0.39 is 5.97 Å². The van der Waals surface area contributed by atoms with Crippen molar-refractivity contribution in [3.63, 3.8) is 0 Å². The smallest absolute Gasteiger partial charge is 0.317 e. The molecule has 2 rings (SSSR count). The fraction of sp³-hybridized carbons (Fsp3) is 0.312. The lowest BCUT2D eigenvalue weighted by atomic mass is 10.2. The van der Waals surface area contributed by atoms with Crippen molar-refractivity contribution in [1.82, 2.24) is 4.90 Å². The molecule has 1 aromatic carbocycles. The molecular weight excluding hydrogens is 254 g/mol. The standard InChI is InChI=1S/C16H19NO3/c1-12(2)17(11-16(18)19)10-14-8-9-15(20-14)13-6-4-3-5-7-13/h3-9,12H,10-11H2,1-2H3,(H,18,19). The molecule has 1 aromatic heterocycles. The summed E-state index contributed by atoms with van der Waals surface area (Å²) >= 11 is 0. The van der Waals surface area contributed by atoms with E-state index in [1.54, 1.807) is 0 Å². The zero-order valence-corrected chi connectivity index (χ0v) is 11.7. The normalized spacial score (nSPS) is 11.2. The van der Waals surface area contributed by atoms with Crippen LogP contribution in [0.25, 0.3) is 11.3 Å². The van der Waals surface area contributed by atoms with Gasteiger partial charge in [0, 0.05) is 11.6 Å². The maximum absolute atomic E-state index is 10.9. The van der Waals surface area contributed by atoms with Crippen molar-refractivity contribution in [3.8, 4) is 11.3 Å². The van der Waals surface area contributed by atoms with Crippen LogP contribution in [0, 0.1) is 0 Å². The van der Waals surface area contributed by atoms with Gasteiger partial charge in [-0.15, -0.1) is 0 Å². The third kappa shape index (κ3) is 3.71. The van der Waals surface area contributed by atoms with E-state index >= 15 is 0 Å². The first-order valence-corrected chi connectivity index (χ1v) is 6.66. The van der Waals surface area contributed by atoms with Crippen molar-refractivity contribution >= 4 is 5.97 Å². The Kier molecular flexibility index (Phi) is 4.58. The van der Waals surface area contributed by atoms with Crippen LogP contribution < -0.4 is 0 Å². The maximum atomic E-state index is 10.9. The molecule has 0 atom stereocenters. The van der Waals surface area contributed by atoms with Gasteiger partial charge in [-0.2, -0.15) is 0 Å². The molecular formula is C16H19NO3. The van der Waals surface area contributed by atoms with Crippen molar-refractivity contribution < 1.29 is 14.3 Å². The molecule has 4 heteroatoms. The van der Waals surface area contributed by atoms with Gasteiger partial charge in [-0.3, -0.25) is 9.69 Å².